The molecule has 3 aromatic rings. The summed E-state index contributed by atoms with van der Waals surface area (Å²) in [6.07, 6.45) is -3.92. The molecule has 0 unspecified atom stereocenters. The number of alkyl carbamates (subject to hydrolysis) is 1. The molecule has 1 saturated heterocycles. The van der Waals surface area contributed by atoms with Crippen LogP contribution in [0.4, 0.5) is 18.0 Å². The van der Waals surface area contributed by atoms with E-state index in [2.05, 4.69) is 5.32 Å². The predicted octanol–water partition coefficient (Wildman–Crippen LogP) is 6.96. The van der Waals surface area contributed by atoms with Crippen LogP contribution in [0.15, 0.2) is 72.2 Å². The third kappa shape index (κ3) is 5.85. The molecular weight excluding hydrogens is 534 g/mol. The standard InChI is InChI=1S/C31H31BF3NO5/c1-29(2)30(3,4)41-32(40-29)21(14-19-13-20(31(33,34)35)16-22(37)15-19)17-36-28(38)39-18-27-25-11-7-5-9-23(25)24-10-6-8-12-26(24)27/h5-16,27,37H,17-18H2,1-4H3,(H,36,38). The van der Waals surface area contributed by atoms with Gasteiger partial charge in [-0.15, -0.1) is 0 Å². The van der Waals surface area contributed by atoms with E-state index in [-0.39, 0.29) is 24.6 Å². The van der Waals surface area contributed by atoms with Gasteiger partial charge in [0.1, 0.15) is 12.4 Å². The van der Waals surface area contributed by atoms with Gasteiger partial charge in [0, 0.05) is 12.5 Å². The van der Waals surface area contributed by atoms with Crippen molar-refractivity contribution in [2.45, 2.75) is 51.0 Å². The zero-order chi connectivity index (χ0) is 29.6. The maximum atomic E-state index is 13.4. The van der Waals surface area contributed by atoms with Crippen LogP contribution in [0.3, 0.4) is 0 Å². The number of hydrogen-bond acceptors (Lipinski definition) is 5. The van der Waals surface area contributed by atoms with E-state index in [1.807, 2.05) is 76.2 Å². The number of aromatic hydroxyl groups is 1. The first kappa shape index (κ1) is 28.8. The van der Waals surface area contributed by atoms with Crippen LogP contribution in [0.2, 0.25) is 0 Å². The molecule has 1 fully saturated rings. The monoisotopic (exact) mass is 565 g/mol. The number of alkyl halides is 3. The van der Waals surface area contributed by atoms with Crippen molar-refractivity contribution in [2.75, 3.05) is 13.2 Å². The molecule has 0 aromatic heterocycles. The maximum absolute atomic E-state index is 13.4. The Hall–Kier alpha value is -3.76. The van der Waals surface area contributed by atoms with Crippen LogP contribution in [0.25, 0.3) is 17.2 Å². The van der Waals surface area contributed by atoms with Crippen LogP contribution >= 0.6 is 0 Å². The van der Waals surface area contributed by atoms with Gasteiger partial charge >= 0.3 is 19.4 Å². The number of phenols is 1. The second kappa shape index (κ2) is 10.6. The number of halogens is 3. The highest BCUT2D eigenvalue weighted by molar-refractivity contribution is 6.56. The summed E-state index contributed by atoms with van der Waals surface area (Å²) in [4.78, 5) is 12.9. The van der Waals surface area contributed by atoms with Crippen molar-refractivity contribution in [3.8, 4) is 16.9 Å². The van der Waals surface area contributed by atoms with Crippen molar-refractivity contribution in [1.82, 2.24) is 5.32 Å². The van der Waals surface area contributed by atoms with Gasteiger partial charge in [-0.2, -0.15) is 13.2 Å². The predicted molar refractivity (Wildman–Crippen MR) is 150 cm³/mol. The Labute approximate surface area is 237 Å². The molecule has 0 radical (unpaired) electrons. The minimum absolute atomic E-state index is 0.0800. The largest absolute Gasteiger partial charge is 0.508 e. The molecule has 6 nitrogen and oxygen atoms in total. The van der Waals surface area contributed by atoms with Crippen molar-refractivity contribution in [3.63, 3.8) is 0 Å². The van der Waals surface area contributed by atoms with E-state index in [0.717, 1.165) is 28.3 Å². The number of nitrogens with one attached hydrogen (secondary N) is 1. The summed E-state index contributed by atoms with van der Waals surface area (Å²) in [5.74, 6) is -0.664. The number of ether oxygens (including phenoxy) is 1. The summed E-state index contributed by atoms with van der Waals surface area (Å²) < 4.78 is 58.0. The van der Waals surface area contributed by atoms with E-state index < -0.39 is 41.9 Å². The second-order valence-electron chi connectivity index (χ2n) is 11.3. The van der Waals surface area contributed by atoms with Gasteiger partial charge in [-0.05, 0) is 79.2 Å². The van der Waals surface area contributed by atoms with Gasteiger partial charge in [-0.1, -0.05) is 54.6 Å². The zero-order valence-electron chi connectivity index (χ0n) is 23.2. The number of benzene rings is 3. The lowest BCUT2D eigenvalue weighted by atomic mass is 9.77. The van der Waals surface area contributed by atoms with Crippen LogP contribution in [-0.4, -0.2) is 42.7 Å². The van der Waals surface area contributed by atoms with Crippen molar-refractivity contribution in [3.05, 3.63) is 94.5 Å². The van der Waals surface area contributed by atoms with E-state index in [9.17, 15) is 23.1 Å². The summed E-state index contributed by atoms with van der Waals surface area (Å²) in [5.41, 5.74) is 2.34. The van der Waals surface area contributed by atoms with Crippen molar-refractivity contribution >= 4 is 19.3 Å². The average molecular weight is 565 g/mol. The Bertz CT molecular complexity index is 1440. The molecule has 41 heavy (non-hydrogen) atoms. The second-order valence-corrected chi connectivity index (χ2v) is 11.3. The van der Waals surface area contributed by atoms with Gasteiger partial charge in [-0.25, -0.2) is 4.79 Å². The van der Waals surface area contributed by atoms with Crippen LogP contribution in [-0.2, 0) is 20.2 Å². The molecule has 0 bridgehead atoms. The van der Waals surface area contributed by atoms with E-state index in [1.54, 1.807) is 0 Å². The van der Waals surface area contributed by atoms with E-state index in [4.69, 9.17) is 14.0 Å². The highest BCUT2D eigenvalue weighted by Gasteiger charge is 2.52. The number of rotatable bonds is 6. The molecule has 5 rings (SSSR count). The van der Waals surface area contributed by atoms with E-state index in [1.165, 1.54) is 12.1 Å². The smallest absolute Gasteiger partial charge is 0.492 e. The Morgan fingerprint density at radius 3 is 2.10 bits per heavy atom. The first-order valence-electron chi connectivity index (χ1n) is 13.3. The number of carbonyl (C=O) groups excluding carboxylic acids is 1. The molecule has 1 aliphatic heterocycles. The highest BCUT2D eigenvalue weighted by Crippen LogP contribution is 2.44. The number of amides is 1. The van der Waals surface area contributed by atoms with Crippen LogP contribution < -0.4 is 5.32 Å². The number of carbonyl (C=O) groups is 1. The minimum atomic E-state index is -4.65. The Kier molecular flexibility index (Phi) is 7.42. The Balaban J connectivity index is 1.34. The topological polar surface area (TPSA) is 77.0 Å². The molecule has 0 spiro atoms. The van der Waals surface area contributed by atoms with Gasteiger partial charge in [0.2, 0.25) is 0 Å². The molecule has 2 aliphatic rings. The third-order valence-electron chi connectivity index (χ3n) is 7.96. The zero-order valence-corrected chi connectivity index (χ0v) is 23.2. The first-order chi connectivity index (χ1) is 19.2. The summed E-state index contributed by atoms with van der Waals surface area (Å²) >= 11 is 0. The number of hydrogen-bond donors (Lipinski definition) is 2. The van der Waals surface area contributed by atoms with Crippen molar-refractivity contribution < 1.29 is 37.1 Å². The summed E-state index contributed by atoms with van der Waals surface area (Å²) in [7, 11) is -0.953. The summed E-state index contributed by atoms with van der Waals surface area (Å²) in [6.45, 7) is 7.38. The lowest BCUT2D eigenvalue weighted by Crippen LogP contribution is -2.41. The van der Waals surface area contributed by atoms with Gasteiger partial charge in [-0.3, -0.25) is 0 Å². The average Bonchev–Trinajstić information content (AvgIpc) is 3.33. The fourth-order valence-corrected chi connectivity index (χ4v) is 5.12. The van der Waals surface area contributed by atoms with E-state index in [0.29, 0.717) is 11.5 Å². The van der Waals surface area contributed by atoms with Gasteiger partial charge < -0.3 is 24.5 Å². The molecule has 2 N–H and O–H groups in total. The molecule has 1 aliphatic carbocycles. The molecule has 1 heterocycles. The highest BCUT2D eigenvalue weighted by atomic mass is 19.4. The molecular formula is C31H31BF3NO5. The van der Waals surface area contributed by atoms with Gasteiger partial charge in [0.05, 0.1) is 16.8 Å². The first-order valence-corrected chi connectivity index (χ1v) is 13.3. The van der Waals surface area contributed by atoms with Crippen molar-refractivity contribution in [1.29, 1.82) is 0 Å². The quantitative estimate of drug-likeness (QED) is 0.316. The van der Waals surface area contributed by atoms with Crippen LogP contribution in [0.1, 0.15) is 55.9 Å². The molecule has 214 valence electrons. The Morgan fingerprint density at radius 1 is 0.976 bits per heavy atom. The fraction of sp³-hybridized carbons (Fsp3) is 0.323. The lowest BCUT2D eigenvalue weighted by molar-refractivity contribution is -0.137. The number of fused-ring (bicyclic) bond motifs is 3. The van der Waals surface area contributed by atoms with Gasteiger partial charge in [0.15, 0.2) is 0 Å². The van der Waals surface area contributed by atoms with Crippen LogP contribution in [0.5, 0.6) is 5.75 Å². The molecule has 1 amide bonds. The maximum Gasteiger partial charge on any atom is 0.492 e. The summed E-state index contributed by atoms with van der Waals surface area (Å²) in [5, 5.41) is 12.6. The normalized spacial score (nSPS) is 17.7. The molecule has 0 saturated carbocycles. The third-order valence-corrected chi connectivity index (χ3v) is 7.96. The van der Waals surface area contributed by atoms with Gasteiger partial charge in [0.25, 0.3) is 0 Å². The summed E-state index contributed by atoms with van der Waals surface area (Å²) in [6, 6.07) is 18.7. The molecule has 0 atom stereocenters. The lowest BCUT2D eigenvalue weighted by Gasteiger charge is -2.32. The van der Waals surface area contributed by atoms with Crippen LogP contribution in [0, 0.1) is 0 Å². The molecule has 10 heteroatoms. The fourth-order valence-electron chi connectivity index (χ4n) is 5.12. The van der Waals surface area contributed by atoms with E-state index >= 15 is 0 Å². The van der Waals surface area contributed by atoms with Crippen molar-refractivity contribution in [2.24, 2.45) is 0 Å². The SMILES string of the molecule is CC1(C)OB(C(=Cc2cc(O)cc(C(F)(F)F)c2)CNC(=O)OCC2c3ccccc3-c3ccccc32)OC1(C)C. The number of phenolic OH excluding ortho intramolecular Hbond substituents is 1. The minimum Gasteiger partial charge on any atom is -0.508 e. The molecule has 3 aromatic carbocycles. The Morgan fingerprint density at radius 2 is 1.54 bits per heavy atom.